The highest BCUT2D eigenvalue weighted by atomic mass is 32.1. The molecule has 1 N–H and O–H groups in total. The van der Waals surface area contributed by atoms with Crippen molar-refractivity contribution in [3.8, 4) is 16.9 Å². The third-order valence-electron chi connectivity index (χ3n) is 5.56. The molecule has 0 radical (unpaired) electrons. The average molecular weight is 435 g/mol. The number of thiophene rings is 1. The van der Waals surface area contributed by atoms with E-state index in [1.807, 2.05) is 18.3 Å². The highest BCUT2D eigenvalue weighted by Gasteiger charge is 2.13. The molecule has 3 aromatic heterocycles. The van der Waals surface area contributed by atoms with E-state index in [0.29, 0.717) is 13.2 Å². The average Bonchev–Trinajstić information content (AvgIpc) is 3.48. The lowest BCUT2D eigenvalue weighted by atomic mass is 10.0. The van der Waals surface area contributed by atoms with Crippen LogP contribution >= 0.6 is 11.3 Å². The number of pyridine rings is 1. The lowest BCUT2D eigenvalue weighted by Gasteiger charge is -2.22. The normalized spacial score (nSPS) is 16.6. The van der Waals surface area contributed by atoms with Crippen LogP contribution in [0.5, 0.6) is 5.75 Å². The predicted molar refractivity (Wildman–Crippen MR) is 124 cm³/mol. The molecule has 0 saturated carbocycles. The number of hydrogen-bond acceptors (Lipinski definition) is 5. The Hall–Kier alpha value is -2.67. The molecular formula is C25H26N2O3S. The summed E-state index contributed by atoms with van der Waals surface area (Å²) in [7, 11) is 0. The summed E-state index contributed by atoms with van der Waals surface area (Å²) in [4.78, 5) is 7.91. The first kappa shape index (κ1) is 20.2. The second kappa shape index (κ2) is 9.64. The molecule has 4 heterocycles. The van der Waals surface area contributed by atoms with Crippen molar-refractivity contribution in [1.29, 1.82) is 0 Å². The molecule has 1 fully saturated rings. The predicted octanol–water partition coefficient (Wildman–Crippen LogP) is 5.80. The van der Waals surface area contributed by atoms with Crippen LogP contribution in [0.15, 0.2) is 59.6 Å². The van der Waals surface area contributed by atoms with Gasteiger partial charge in [0.25, 0.3) is 0 Å². The zero-order valence-electron chi connectivity index (χ0n) is 17.4. The Balaban J connectivity index is 1.23. The molecule has 0 spiro atoms. The molecule has 0 amide bonds. The van der Waals surface area contributed by atoms with E-state index in [2.05, 4.69) is 51.2 Å². The molecule has 5 nitrogen and oxygen atoms in total. The van der Waals surface area contributed by atoms with Gasteiger partial charge in [-0.1, -0.05) is 12.1 Å². The largest absolute Gasteiger partial charge is 0.491 e. The highest BCUT2D eigenvalue weighted by molar-refractivity contribution is 7.08. The lowest BCUT2D eigenvalue weighted by molar-refractivity contribution is -0.165. The molecule has 6 heteroatoms. The Labute approximate surface area is 186 Å². The number of rotatable bonds is 8. The van der Waals surface area contributed by atoms with Gasteiger partial charge in [0, 0.05) is 30.0 Å². The first-order valence-corrected chi connectivity index (χ1v) is 11.7. The number of fused-ring (bicyclic) bond motifs is 1. The minimum atomic E-state index is -0.0712. The molecule has 1 unspecified atom stereocenters. The fraction of sp³-hybridized carbons (Fsp3) is 0.320. The van der Waals surface area contributed by atoms with Crippen LogP contribution in [-0.4, -0.2) is 36.1 Å². The summed E-state index contributed by atoms with van der Waals surface area (Å²) in [5.41, 5.74) is 5.71. The van der Waals surface area contributed by atoms with Crippen LogP contribution in [0.3, 0.4) is 0 Å². The first-order chi connectivity index (χ1) is 15.3. The maximum Gasteiger partial charge on any atom is 0.157 e. The number of hydrogen-bond donors (Lipinski definition) is 1. The summed E-state index contributed by atoms with van der Waals surface area (Å²) in [6, 6.07) is 12.6. The van der Waals surface area contributed by atoms with Crippen LogP contribution in [0.1, 0.15) is 30.4 Å². The quantitative estimate of drug-likeness (QED) is 0.356. The standard InChI is InChI=1S/C25H26N2O3S/c1-2-8-29-24(6-1)30-10-9-28-22-5-3-4-18(13-22)12-21-16-27-25-23(21)14-20(15-26-25)19-7-11-31-17-19/h3-5,7,11,13-17,24H,1-2,6,8-10,12H2,(H,26,27). The van der Waals surface area contributed by atoms with Gasteiger partial charge in [0.15, 0.2) is 6.29 Å². The van der Waals surface area contributed by atoms with E-state index in [4.69, 9.17) is 14.2 Å². The topological polar surface area (TPSA) is 56.4 Å². The maximum atomic E-state index is 5.91. The Bertz CT molecular complexity index is 1120. The maximum absolute atomic E-state index is 5.91. The Morgan fingerprint density at radius 2 is 2.13 bits per heavy atom. The summed E-state index contributed by atoms with van der Waals surface area (Å²) in [6.07, 6.45) is 8.01. The fourth-order valence-corrected chi connectivity index (χ4v) is 4.60. The smallest absolute Gasteiger partial charge is 0.157 e. The molecule has 1 aliphatic rings. The van der Waals surface area contributed by atoms with E-state index >= 15 is 0 Å². The molecule has 1 aromatic carbocycles. The van der Waals surface area contributed by atoms with E-state index in [1.165, 1.54) is 23.1 Å². The van der Waals surface area contributed by atoms with Crippen molar-refractivity contribution in [3.05, 3.63) is 70.7 Å². The van der Waals surface area contributed by atoms with Crippen molar-refractivity contribution >= 4 is 22.4 Å². The van der Waals surface area contributed by atoms with Gasteiger partial charge in [-0.25, -0.2) is 4.98 Å². The molecular weight excluding hydrogens is 408 g/mol. The number of ether oxygens (including phenoxy) is 3. The summed E-state index contributed by atoms with van der Waals surface area (Å²) in [5, 5.41) is 5.41. The fourth-order valence-electron chi connectivity index (χ4n) is 3.94. The van der Waals surface area contributed by atoms with Gasteiger partial charge < -0.3 is 19.2 Å². The Kier molecular flexibility index (Phi) is 6.30. The minimum Gasteiger partial charge on any atom is -0.491 e. The minimum absolute atomic E-state index is 0.0712. The van der Waals surface area contributed by atoms with Crippen molar-refractivity contribution in [3.63, 3.8) is 0 Å². The number of nitrogens with zero attached hydrogens (tertiary/aromatic N) is 1. The van der Waals surface area contributed by atoms with E-state index in [-0.39, 0.29) is 6.29 Å². The molecule has 4 aromatic rings. The summed E-state index contributed by atoms with van der Waals surface area (Å²) < 4.78 is 17.3. The van der Waals surface area contributed by atoms with Gasteiger partial charge in [0.2, 0.25) is 0 Å². The van der Waals surface area contributed by atoms with Gasteiger partial charge in [-0.2, -0.15) is 11.3 Å². The van der Waals surface area contributed by atoms with Gasteiger partial charge in [-0.3, -0.25) is 0 Å². The summed E-state index contributed by atoms with van der Waals surface area (Å²) in [6.45, 7) is 1.85. The monoisotopic (exact) mass is 434 g/mol. The Morgan fingerprint density at radius 1 is 1.13 bits per heavy atom. The molecule has 5 rings (SSSR count). The second-order valence-corrected chi connectivity index (χ2v) is 8.57. The van der Waals surface area contributed by atoms with Crippen molar-refractivity contribution < 1.29 is 14.2 Å². The highest BCUT2D eigenvalue weighted by Crippen LogP contribution is 2.28. The van der Waals surface area contributed by atoms with Gasteiger partial charge in [-0.15, -0.1) is 0 Å². The first-order valence-electron chi connectivity index (χ1n) is 10.8. The van der Waals surface area contributed by atoms with Crippen LogP contribution in [0.4, 0.5) is 0 Å². The third-order valence-corrected chi connectivity index (χ3v) is 6.24. The molecule has 0 bridgehead atoms. The zero-order valence-corrected chi connectivity index (χ0v) is 18.2. The molecule has 1 aliphatic heterocycles. The van der Waals surface area contributed by atoms with Crippen LogP contribution < -0.4 is 4.74 Å². The molecule has 1 saturated heterocycles. The number of nitrogens with one attached hydrogen (secondary N) is 1. The van der Waals surface area contributed by atoms with E-state index in [0.717, 1.165) is 48.2 Å². The Morgan fingerprint density at radius 3 is 3.00 bits per heavy atom. The number of benzene rings is 1. The zero-order chi connectivity index (χ0) is 20.9. The van der Waals surface area contributed by atoms with Crippen molar-refractivity contribution in [1.82, 2.24) is 9.97 Å². The van der Waals surface area contributed by atoms with E-state index < -0.39 is 0 Å². The van der Waals surface area contributed by atoms with Crippen molar-refractivity contribution in [2.45, 2.75) is 32.0 Å². The van der Waals surface area contributed by atoms with Crippen molar-refractivity contribution in [2.24, 2.45) is 0 Å². The van der Waals surface area contributed by atoms with Crippen LogP contribution in [0.2, 0.25) is 0 Å². The molecule has 0 aliphatic carbocycles. The lowest BCUT2D eigenvalue weighted by Crippen LogP contribution is -2.24. The third kappa shape index (κ3) is 4.98. The molecule has 1 atom stereocenters. The number of aromatic nitrogens is 2. The molecule has 31 heavy (non-hydrogen) atoms. The number of aromatic amines is 1. The van der Waals surface area contributed by atoms with Gasteiger partial charge in [-0.05, 0) is 77.4 Å². The van der Waals surface area contributed by atoms with Crippen LogP contribution in [0, 0.1) is 0 Å². The molecule has 160 valence electrons. The van der Waals surface area contributed by atoms with Gasteiger partial charge >= 0.3 is 0 Å². The SMILES string of the molecule is c1cc(Cc2c[nH]c3ncc(-c4ccsc4)cc23)cc(OCCOC2CCCCO2)c1. The van der Waals surface area contributed by atoms with E-state index in [1.54, 1.807) is 11.3 Å². The van der Waals surface area contributed by atoms with Crippen LogP contribution in [-0.2, 0) is 15.9 Å². The van der Waals surface area contributed by atoms with E-state index in [9.17, 15) is 0 Å². The van der Waals surface area contributed by atoms with Gasteiger partial charge in [0.1, 0.15) is 18.0 Å². The van der Waals surface area contributed by atoms with Gasteiger partial charge in [0.05, 0.1) is 6.61 Å². The second-order valence-electron chi connectivity index (χ2n) is 7.79. The summed E-state index contributed by atoms with van der Waals surface area (Å²) >= 11 is 1.70. The van der Waals surface area contributed by atoms with Crippen LogP contribution in [0.25, 0.3) is 22.2 Å². The van der Waals surface area contributed by atoms with Crippen molar-refractivity contribution in [2.75, 3.05) is 19.8 Å². The summed E-state index contributed by atoms with van der Waals surface area (Å²) in [5.74, 6) is 0.864. The number of H-pyrrole nitrogens is 1.